The predicted octanol–water partition coefficient (Wildman–Crippen LogP) is 5.67. The molecular weight excluding hydrogens is 498 g/mol. The van der Waals surface area contributed by atoms with Crippen LogP contribution in [-0.4, -0.2) is 67.9 Å². The van der Waals surface area contributed by atoms with E-state index in [2.05, 4.69) is 79.4 Å². The number of nitrogens with zero attached hydrogens (tertiary/aromatic N) is 3. The van der Waals surface area contributed by atoms with Crippen molar-refractivity contribution in [1.82, 2.24) is 9.80 Å². The van der Waals surface area contributed by atoms with Crippen LogP contribution in [0, 0.1) is 11.8 Å². The fourth-order valence-electron chi connectivity index (χ4n) is 6.66. The minimum absolute atomic E-state index is 0.0703. The summed E-state index contributed by atoms with van der Waals surface area (Å²) in [6, 6.07) is 27.4. The third-order valence-corrected chi connectivity index (χ3v) is 8.67. The van der Waals surface area contributed by atoms with Gasteiger partial charge in [-0.15, -0.1) is 0 Å². The normalized spacial score (nSPS) is 22.9. The lowest BCUT2D eigenvalue weighted by Gasteiger charge is -2.53. The van der Waals surface area contributed by atoms with Crippen molar-refractivity contribution in [2.45, 2.75) is 38.8 Å². The van der Waals surface area contributed by atoms with Gasteiger partial charge in [0.05, 0.1) is 32.7 Å². The number of hydrogen-bond donors (Lipinski definition) is 0. The first-order valence-electron chi connectivity index (χ1n) is 14.5. The number of benzene rings is 3. The van der Waals surface area contributed by atoms with E-state index in [1.54, 1.807) is 14.2 Å². The SMILES string of the molecule is CCN(CC)C(=O)C1CN2CCC1C(=NCc1cc(OC)ccc1OC)C2C(c1ccccc1)c1ccccc1. The van der Waals surface area contributed by atoms with Crippen LogP contribution >= 0.6 is 0 Å². The van der Waals surface area contributed by atoms with E-state index in [-0.39, 0.29) is 29.7 Å². The van der Waals surface area contributed by atoms with E-state index in [4.69, 9.17) is 14.5 Å². The third kappa shape index (κ3) is 5.50. The summed E-state index contributed by atoms with van der Waals surface area (Å²) < 4.78 is 11.2. The number of piperidine rings is 3. The van der Waals surface area contributed by atoms with E-state index in [1.807, 2.05) is 23.1 Å². The lowest BCUT2D eigenvalue weighted by Crippen LogP contribution is -2.64. The highest BCUT2D eigenvalue weighted by Crippen LogP contribution is 2.43. The molecule has 3 heterocycles. The average molecular weight is 540 g/mol. The van der Waals surface area contributed by atoms with Crippen molar-refractivity contribution in [2.75, 3.05) is 40.4 Å². The number of ether oxygens (including phenoxy) is 2. The molecule has 0 aromatic heterocycles. The van der Waals surface area contributed by atoms with E-state index in [1.165, 1.54) is 11.1 Å². The molecule has 3 aromatic carbocycles. The first-order valence-corrected chi connectivity index (χ1v) is 14.5. The Hall–Kier alpha value is -3.64. The van der Waals surface area contributed by atoms with E-state index in [9.17, 15) is 4.79 Å². The van der Waals surface area contributed by atoms with Gasteiger partial charge in [-0.05, 0) is 56.1 Å². The Balaban J connectivity index is 1.61. The molecule has 3 saturated heterocycles. The molecule has 4 unspecified atom stereocenters. The van der Waals surface area contributed by atoms with Crippen molar-refractivity contribution in [3.8, 4) is 11.5 Å². The molecule has 6 nitrogen and oxygen atoms in total. The summed E-state index contributed by atoms with van der Waals surface area (Å²) in [6.07, 6.45) is 0.943. The van der Waals surface area contributed by atoms with E-state index < -0.39 is 0 Å². The van der Waals surface area contributed by atoms with Gasteiger partial charge in [0.2, 0.25) is 5.91 Å². The number of aliphatic imine (C=N–C) groups is 1. The van der Waals surface area contributed by atoms with Gasteiger partial charge in [0, 0.05) is 42.7 Å². The third-order valence-electron chi connectivity index (χ3n) is 8.67. The molecule has 0 radical (unpaired) electrons. The average Bonchev–Trinajstić information content (AvgIpc) is 3.02. The van der Waals surface area contributed by atoms with Crippen LogP contribution in [0.2, 0.25) is 0 Å². The number of carbonyl (C=O) groups excluding carboxylic acids is 1. The Morgan fingerprint density at radius 2 is 1.60 bits per heavy atom. The molecule has 210 valence electrons. The van der Waals surface area contributed by atoms with Crippen molar-refractivity contribution < 1.29 is 14.3 Å². The molecule has 3 aliphatic heterocycles. The van der Waals surface area contributed by atoms with Crippen molar-refractivity contribution in [3.05, 3.63) is 95.6 Å². The largest absolute Gasteiger partial charge is 0.497 e. The first-order chi connectivity index (χ1) is 19.6. The molecule has 0 saturated carbocycles. The maximum Gasteiger partial charge on any atom is 0.227 e. The quantitative estimate of drug-likeness (QED) is 0.333. The highest BCUT2D eigenvalue weighted by Gasteiger charge is 2.51. The number of carbonyl (C=O) groups is 1. The Labute approximate surface area is 238 Å². The van der Waals surface area contributed by atoms with Gasteiger partial charge in [0.1, 0.15) is 11.5 Å². The van der Waals surface area contributed by atoms with Crippen LogP contribution in [0.4, 0.5) is 0 Å². The standard InChI is InChI=1S/C34H41N3O3/c1-5-36(6-2)34(38)29-23-37-20-19-28(29)32(35-22-26-21-27(39-3)17-18-30(26)40-4)33(37)31(24-13-9-7-10-14-24)25-15-11-8-12-16-25/h7-18,21,28-29,31,33H,5-6,19-20,22-23H2,1-4H3. The van der Waals surface area contributed by atoms with E-state index in [0.717, 1.165) is 55.4 Å². The summed E-state index contributed by atoms with van der Waals surface area (Å²) in [6.45, 7) is 7.79. The van der Waals surface area contributed by atoms with Crippen molar-refractivity contribution in [2.24, 2.45) is 16.8 Å². The highest BCUT2D eigenvalue weighted by atomic mass is 16.5. The maximum absolute atomic E-state index is 13.8. The molecule has 3 aromatic rings. The second kappa shape index (κ2) is 12.7. The molecule has 4 atom stereocenters. The zero-order valence-electron chi connectivity index (χ0n) is 24.1. The van der Waals surface area contributed by atoms with Crippen LogP contribution in [0.5, 0.6) is 11.5 Å². The smallest absolute Gasteiger partial charge is 0.227 e. The van der Waals surface area contributed by atoms with E-state index in [0.29, 0.717) is 6.54 Å². The molecule has 6 rings (SSSR count). The van der Waals surface area contributed by atoms with Gasteiger partial charge >= 0.3 is 0 Å². The molecule has 2 bridgehead atoms. The number of methoxy groups -OCH3 is 2. The first kappa shape index (κ1) is 27.9. The predicted molar refractivity (Wildman–Crippen MR) is 160 cm³/mol. The maximum atomic E-state index is 13.8. The Kier molecular flexibility index (Phi) is 8.85. The number of rotatable bonds is 10. The zero-order valence-corrected chi connectivity index (χ0v) is 24.1. The van der Waals surface area contributed by atoms with Gasteiger partial charge in [-0.25, -0.2) is 0 Å². The van der Waals surface area contributed by atoms with Gasteiger partial charge in [0.15, 0.2) is 0 Å². The fourth-order valence-corrected chi connectivity index (χ4v) is 6.66. The van der Waals surface area contributed by atoms with Crippen LogP contribution < -0.4 is 9.47 Å². The topological polar surface area (TPSA) is 54.4 Å². The molecule has 0 aliphatic carbocycles. The molecular formula is C34H41N3O3. The second-order valence-electron chi connectivity index (χ2n) is 10.7. The molecule has 3 aliphatic rings. The fraction of sp³-hybridized carbons (Fsp3) is 0.412. The molecule has 0 N–H and O–H groups in total. The Morgan fingerprint density at radius 1 is 0.950 bits per heavy atom. The molecule has 0 spiro atoms. The van der Waals surface area contributed by atoms with Crippen molar-refractivity contribution in [1.29, 1.82) is 0 Å². The Morgan fingerprint density at radius 3 is 2.17 bits per heavy atom. The molecule has 40 heavy (non-hydrogen) atoms. The minimum atomic E-state index is -0.0805. The van der Waals surface area contributed by atoms with Crippen LogP contribution in [-0.2, 0) is 11.3 Å². The second-order valence-corrected chi connectivity index (χ2v) is 10.7. The highest BCUT2D eigenvalue weighted by molar-refractivity contribution is 5.98. The monoisotopic (exact) mass is 539 g/mol. The summed E-state index contributed by atoms with van der Waals surface area (Å²) in [4.78, 5) is 23.7. The van der Waals surface area contributed by atoms with Crippen LogP contribution in [0.3, 0.4) is 0 Å². The van der Waals surface area contributed by atoms with Crippen LogP contribution in [0.15, 0.2) is 83.9 Å². The number of hydrogen-bond acceptors (Lipinski definition) is 5. The van der Waals surface area contributed by atoms with Gasteiger partial charge in [0.25, 0.3) is 0 Å². The summed E-state index contributed by atoms with van der Waals surface area (Å²) in [5.74, 6) is 1.96. The van der Waals surface area contributed by atoms with Gasteiger partial charge in [-0.1, -0.05) is 60.7 Å². The Bertz CT molecular complexity index is 1270. The lowest BCUT2D eigenvalue weighted by molar-refractivity contribution is -0.139. The molecule has 3 fully saturated rings. The van der Waals surface area contributed by atoms with E-state index >= 15 is 0 Å². The zero-order chi connectivity index (χ0) is 28.1. The van der Waals surface area contributed by atoms with Crippen LogP contribution in [0.1, 0.15) is 42.9 Å². The lowest BCUT2D eigenvalue weighted by atomic mass is 9.68. The number of amides is 1. The summed E-state index contributed by atoms with van der Waals surface area (Å²) in [7, 11) is 3.36. The van der Waals surface area contributed by atoms with Crippen molar-refractivity contribution >= 4 is 11.6 Å². The van der Waals surface area contributed by atoms with Crippen molar-refractivity contribution in [3.63, 3.8) is 0 Å². The van der Waals surface area contributed by atoms with Gasteiger partial charge in [-0.2, -0.15) is 0 Å². The summed E-state index contributed by atoms with van der Waals surface area (Å²) >= 11 is 0. The summed E-state index contributed by atoms with van der Waals surface area (Å²) in [5.41, 5.74) is 4.65. The van der Waals surface area contributed by atoms with Gasteiger partial charge in [-0.3, -0.25) is 14.7 Å². The molecule has 1 amide bonds. The summed E-state index contributed by atoms with van der Waals surface area (Å²) in [5, 5.41) is 0. The van der Waals surface area contributed by atoms with Crippen LogP contribution in [0.25, 0.3) is 0 Å². The molecule has 6 heteroatoms. The minimum Gasteiger partial charge on any atom is -0.497 e. The van der Waals surface area contributed by atoms with Gasteiger partial charge < -0.3 is 14.4 Å². The number of fused-ring (bicyclic) bond motifs is 3.